The van der Waals surface area contributed by atoms with Gasteiger partial charge < -0.3 is 15.0 Å². The monoisotopic (exact) mass is 366 g/mol. The number of halogens is 2. The number of methoxy groups -OCH3 is 1. The second-order valence-corrected chi connectivity index (χ2v) is 5.85. The third-order valence-electron chi connectivity index (χ3n) is 3.27. The fourth-order valence-corrected chi connectivity index (χ4v) is 2.55. The zero-order chi connectivity index (χ0) is 17.7. The molecule has 2 aromatic rings. The first-order valence-corrected chi connectivity index (χ1v) is 7.81. The molecule has 0 heterocycles. The van der Waals surface area contributed by atoms with E-state index in [0.717, 1.165) is 0 Å². The number of likely N-dealkylation sites (N-methyl/N-ethyl adjacent to an activating group) is 1. The van der Waals surface area contributed by atoms with Crippen molar-refractivity contribution in [2.75, 3.05) is 26.0 Å². The van der Waals surface area contributed by atoms with Crippen LogP contribution < -0.4 is 10.1 Å². The van der Waals surface area contributed by atoms with Crippen molar-refractivity contribution in [1.82, 2.24) is 4.90 Å². The van der Waals surface area contributed by atoms with Gasteiger partial charge in [0.25, 0.3) is 5.91 Å². The number of ether oxygens (including phenoxy) is 1. The second kappa shape index (κ2) is 8.04. The minimum atomic E-state index is -0.399. The van der Waals surface area contributed by atoms with E-state index in [4.69, 9.17) is 27.9 Å². The molecule has 0 aromatic heterocycles. The lowest BCUT2D eigenvalue weighted by atomic mass is 10.2. The van der Waals surface area contributed by atoms with E-state index in [1.807, 2.05) is 0 Å². The van der Waals surface area contributed by atoms with Gasteiger partial charge in [0.05, 0.1) is 29.4 Å². The van der Waals surface area contributed by atoms with Gasteiger partial charge in [-0.3, -0.25) is 9.59 Å². The predicted molar refractivity (Wildman–Crippen MR) is 95.0 cm³/mol. The van der Waals surface area contributed by atoms with Gasteiger partial charge in [0.2, 0.25) is 5.91 Å². The summed E-state index contributed by atoms with van der Waals surface area (Å²) in [4.78, 5) is 25.8. The van der Waals surface area contributed by atoms with Crippen molar-refractivity contribution in [2.45, 2.75) is 0 Å². The number of anilines is 1. The fourth-order valence-electron chi connectivity index (χ4n) is 2.06. The number of amides is 2. The van der Waals surface area contributed by atoms with Crippen LogP contribution in [0.3, 0.4) is 0 Å². The van der Waals surface area contributed by atoms with E-state index in [9.17, 15) is 9.59 Å². The molecule has 24 heavy (non-hydrogen) atoms. The molecule has 2 amide bonds. The first kappa shape index (κ1) is 18.1. The quantitative estimate of drug-likeness (QED) is 0.877. The highest BCUT2D eigenvalue weighted by Crippen LogP contribution is 2.29. The van der Waals surface area contributed by atoms with E-state index in [1.54, 1.807) is 42.5 Å². The lowest BCUT2D eigenvalue weighted by molar-refractivity contribution is -0.116. The van der Waals surface area contributed by atoms with Crippen molar-refractivity contribution in [3.63, 3.8) is 0 Å². The van der Waals surface area contributed by atoms with Crippen LogP contribution in [0.15, 0.2) is 42.5 Å². The van der Waals surface area contributed by atoms with Crippen LogP contribution in [-0.2, 0) is 4.79 Å². The van der Waals surface area contributed by atoms with Crippen LogP contribution in [0.25, 0.3) is 0 Å². The molecule has 1 N–H and O–H groups in total. The predicted octanol–water partition coefficient (Wildman–Crippen LogP) is 3.71. The molecule has 0 spiro atoms. The zero-order valence-corrected chi connectivity index (χ0v) is 14.7. The summed E-state index contributed by atoms with van der Waals surface area (Å²) in [6, 6.07) is 11.6. The van der Waals surface area contributed by atoms with Crippen LogP contribution in [0.1, 0.15) is 10.4 Å². The minimum Gasteiger partial charge on any atom is -0.497 e. The molecule has 0 fully saturated rings. The van der Waals surface area contributed by atoms with Gasteiger partial charge in [0.1, 0.15) is 5.75 Å². The van der Waals surface area contributed by atoms with Crippen LogP contribution >= 0.6 is 23.2 Å². The van der Waals surface area contributed by atoms with E-state index in [1.165, 1.54) is 19.1 Å². The van der Waals surface area contributed by atoms with Crippen LogP contribution in [0.5, 0.6) is 5.75 Å². The number of benzene rings is 2. The van der Waals surface area contributed by atoms with Gasteiger partial charge >= 0.3 is 0 Å². The smallest absolute Gasteiger partial charge is 0.254 e. The molecular weight excluding hydrogens is 351 g/mol. The van der Waals surface area contributed by atoms with Crippen LogP contribution in [0.4, 0.5) is 5.69 Å². The average Bonchev–Trinajstić information content (AvgIpc) is 2.57. The van der Waals surface area contributed by atoms with E-state index >= 15 is 0 Å². The van der Waals surface area contributed by atoms with E-state index < -0.39 is 5.91 Å². The van der Waals surface area contributed by atoms with Crippen molar-refractivity contribution in [1.29, 1.82) is 0 Å². The third kappa shape index (κ3) is 4.40. The summed E-state index contributed by atoms with van der Waals surface area (Å²) >= 11 is 12.0. The van der Waals surface area contributed by atoms with Gasteiger partial charge in [-0.2, -0.15) is 0 Å². The first-order chi connectivity index (χ1) is 11.4. The Morgan fingerprint density at radius 3 is 2.38 bits per heavy atom. The summed E-state index contributed by atoms with van der Waals surface area (Å²) < 4.78 is 5.09. The topological polar surface area (TPSA) is 58.6 Å². The molecule has 0 saturated heterocycles. The largest absolute Gasteiger partial charge is 0.497 e. The molecule has 0 aliphatic carbocycles. The molecule has 0 unspecified atom stereocenters. The zero-order valence-electron chi connectivity index (χ0n) is 13.2. The molecule has 2 aromatic carbocycles. The number of para-hydroxylation sites is 1. The van der Waals surface area contributed by atoms with Gasteiger partial charge in [0, 0.05) is 12.6 Å². The van der Waals surface area contributed by atoms with Crippen molar-refractivity contribution in [2.24, 2.45) is 0 Å². The highest BCUT2D eigenvalue weighted by atomic mass is 35.5. The number of hydrogen-bond acceptors (Lipinski definition) is 3. The molecule has 0 saturated carbocycles. The highest BCUT2D eigenvalue weighted by molar-refractivity contribution is 6.39. The Kier molecular flexibility index (Phi) is 6.06. The Balaban J connectivity index is 2.04. The molecule has 0 aliphatic heterocycles. The molecule has 0 aliphatic rings. The maximum Gasteiger partial charge on any atom is 0.254 e. The average molecular weight is 367 g/mol. The Morgan fingerprint density at radius 2 is 1.75 bits per heavy atom. The number of hydrogen-bond donors (Lipinski definition) is 1. The molecule has 2 rings (SSSR count). The molecule has 7 heteroatoms. The normalized spacial score (nSPS) is 10.2. The summed E-state index contributed by atoms with van der Waals surface area (Å²) in [6.07, 6.45) is 0. The van der Waals surface area contributed by atoms with Gasteiger partial charge in [0.15, 0.2) is 0 Å². The standard InChI is InChI=1S/C17H16Cl2N2O3/c1-21(17(23)11-5-3-6-12(9-11)24-2)10-15(22)20-16-13(18)7-4-8-14(16)19/h3-9H,10H2,1-2H3,(H,20,22). The second-order valence-electron chi connectivity index (χ2n) is 5.04. The lowest BCUT2D eigenvalue weighted by Crippen LogP contribution is -2.35. The number of nitrogens with one attached hydrogen (secondary N) is 1. The van der Waals surface area contributed by atoms with Crippen LogP contribution in [-0.4, -0.2) is 37.4 Å². The van der Waals surface area contributed by atoms with Crippen LogP contribution in [0, 0.1) is 0 Å². The molecule has 0 radical (unpaired) electrons. The van der Waals surface area contributed by atoms with Gasteiger partial charge in [-0.15, -0.1) is 0 Å². The summed E-state index contributed by atoms with van der Waals surface area (Å²) in [7, 11) is 3.06. The Hall–Kier alpha value is -2.24. The molecule has 126 valence electrons. The van der Waals surface area contributed by atoms with Gasteiger partial charge in [-0.25, -0.2) is 0 Å². The summed E-state index contributed by atoms with van der Waals surface area (Å²) in [5, 5.41) is 3.28. The number of rotatable bonds is 5. The Labute approximate surface area is 150 Å². The lowest BCUT2D eigenvalue weighted by Gasteiger charge is -2.18. The third-order valence-corrected chi connectivity index (χ3v) is 3.90. The van der Waals surface area contributed by atoms with Crippen molar-refractivity contribution in [3.05, 3.63) is 58.1 Å². The number of carbonyl (C=O) groups is 2. The highest BCUT2D eigenvalue weighted by Gasteiger charge is 2.17. The van der Waals surface area contributed by atoms with E-state index in [0.29, 0.717) is 27.0 Å². The van der Waals surface area contributed by atoms with E-state index in [-0.39, 0.29) is 12.5 Å². The number of nitrogens with zero attached hydrogens (tertiary/aromatic N) is 1. The van der Waals surface area contributed by atoms with Crippen molar-refractivity contribution < 1.29 is 14.3 Å². The SMILES string of the molecule is COc1cccc(C(=O)N(C)CC(=O)Nc2c(Cl)cccc2Cl)c1. The molecular formula is C17H16Cl2N2O3. The van der Waals surface area contributed by atoms with Gasteiger partial charge in [-0.05, 0) is 30.3 Å². The summed E-state index contributed by atoms with van der Waals surface area (Å²) in [5.74, 6) is -0.125. The maximum atomic E-state index is 12.4. The molecule has 5 nitrogen and oxygen atoms in total. The molecule has 0 atom stereocenters. The van der Waals surface area contributed by atoms with E-state index in [2.05, 4.69) is 5.32 Å². The van der Waals surface area contributed by atoms with Crippen molar-refractivity contribution in [3.8, 4) is 5.75 Å². The fraction of sp³-hybridized carbons (Fsp3) is 0.176. The Morgan fingerprint density at radius 1 is 1.12 bits per heavy atom. The number of carbonyl (C=O) groups excluding carboxylic acids is 2. The molecule has 0 bridgehead atoms. The summed E-state index contributed by atoms with van der Waals surface area (Å²) in [5.41, 5.74) is 0.758. The summed E-state index contributed by atoms with van der Waals surface area (Å²) in [6.45, 7) is -0.141. The van der Waals surface area contributed by atoms with Crippen LogP contribution in [0.2, 0.25) is 10.0 Å². The first-order valence-electron chi connectivity index (χ1n) is 7.05. The van der Waals surface area contributed by atoms with Crippen molar-refractivity contribution >= 4 is 40.7 Å². The Bertz CT molecular complexity index is 745. The van der Waals surface area contributed by atoms with Gasteiger partial charge in [-0.1, -0.05) is 35.3 Å². The minimum absolute atomic E-state index is 0.141. The maximum absolute atomic E-state index is 12.4.